The molecule has 0 spiro atoms. The first-order chi connectivity index (χ1) is 15.9. The molecule has 1 amide bonds. The molecule has 1 N–H and O–H groups in total. The van der Waals surface area contributed by atoms with Crippen molar-refractivity contribution in [1.29, 1.82) is 0 Å². The fraction of sp³-hybridized carbons (Fsp3) is 0.308. The third kappa shape index (κ3) is 4.44. The fourth-order valence-electron chi connectivity index (χ4n) is 4.40. The second-order valence-corrected chi connectivity index (χ2v) is 8.21. The second kappa shape index (κ2) is 9.40. The predicted molar refractivity (Wildman–Crippen MR) is 125 cm³/mol. The summed E-state index contributed by atoms with van der Waals surface area (Å²) in [5.41, 5.74) is 4.37. The summed E-state index contributed by atoms with van der Waals surface area (Å²) in [6.07, 6.45) is 4.40. The smallest absolute Gasteiger partial charge is 0.335 e. The molecule has 4 rings (SSSR count). The molecule has 170 valence electrons. The van der Waals surface area contributed by atoms with Gasteiger partial charge in [-0.05, 0) is 60.6 Å². The van der Waals surface area contributed by atoms with E-state index in [-0.39, 0.29) is 17.4 Å². The number of anilines is 1. The largest absolute Gasteiger partial charge is 0.496 e. The summed E-state index contributed by atoms with van der Waals surface area (Å²) in [5, 5.41) is 9.31. The van der Waals surface area contributed by atoms with E-state index < -0.39 is 5.97 Å². The molecular formula is C26H27N3O4. The Morgan fingerprint density at radius 1 is 1.21 bits per heavy atom. The number of aromatic carboxylic acids is 1. The number of aromatic nitrogens is 2. The topological polar surface area (TPSA) is 92.6 Å². The van der Waals surface area contributed by atoms with Crippen LogP contribution in [0.3, 0.4) is 0 Å². The molecule has 2 heterocycles. The molecule has 1 unspecified atom stereocenters. The number of amides is 1. The minimum atomic E-state index is -0.977. The van der Waals surface area contributed by atoms with E-state index in [4.69, 9.17) is 9.72 Å². The molecule has 0 fully saturated rings. The van der Waals surface area contributed by atoms with Crippen LogP contribution >= 0.6 is 0 Å². The Balaban J connectivity index is 1.64. The van der Waals surface area contributed by atoms with Gasteiger partial charge in [-0.15, -0.1) is 0 Å². The fourth-order valence-corrected chi connectivity index (χ4v) is 4.40. The number of fused-ring (bicyclic) bond motifs is 2. The third-order valence-electron chi connectivity index (χ3n) is 6.27. The van der Waals surface area contributed by atoms with Gasteiger partial charge in [0, 0.05) is 19.0 Å². The SMILES string of the molecule is CCC1Cc2nc(CCc3cc(C(=O)O)ccc3OC)ncc2N(C)C(=O)c2ccccc21. The van der Waals surface area contributed by atoms with Crippen LogP contribution < -0.4 is 9.64 Å². The van der Waals surface area contributed by atoms with Crippen LogP contribution in [0.1, 0.15) is 62.6 Å². The Hall–Kier alpha value is -3.74. The van der Waals surface area contributed by atoms with E-state index in [2.05, 4.69) is 11.9 Å². The first kappa shape index (κ1) is 22.5. The molecule has 3 aromatic rings. The molecular weight excluding hydrogens is 418 g/mol. The van der Waals surface area contributed by atoms with Crippen molar-refractivity contribution in [2.75, 3.05) is 19.1 Å². The Morgan fingerprint density at radius 2 is 2.00 bits per heavy atom. The Morgan fingerprint density at radius 3 is 2.73 bits per heavy atom. The summed E-state index contributed by atoms with van der Waals surface area (Å²) >= 11 is 0. The molecule has 33 heavy (non-hydrogen) atoms. The first-order valence-corrected chi connectivity index (χ1v) is 11.0. The van der Waals surface area contributed by atoms with Gasteiger partial charge in [0.05, 0.1) is 30.3 Å². The number of hydrogen-bond acceptors (Lipinski definition) is 5. The van der Waals surface area contributed by atoms with Crippen molar-refractivity contribution in [2.45, 2.75) is 38.5 Å². The lowest BCUT2D eigenvalue weighted by molar-refractivity contribution is 0.0696. The summed E-state index contributed by atoms with van der Waals surface area (Å²) < 4.78 is 5.40. The van der Waals surface area contributed by atoms with Crippen LogP contribution in [-0.4, -0.2) is 41.1 Å². The lowest BCUT2D eigenvalue weighted by atomic mass is 9.86. The lowest BCUT2D eigenvalue weighted by Gasteiger charge is -2.28. The minimum Gasteiger partial charge on any atom is -0.496 e. The highest BCUT2D eigenvalue weighted by Crippen LogP contribution is 2.34. The van der Waals surface area contributed by atoms with Crippen LogP contribution in [0.2, 0.25) is 0 Å². The number of carboxylic acid groups (broad SMARTS) is 1. The molecule has 1 atom stereocenters. The normalized spacial score (nSPS) is 15.3. The Labute approximate surface area is 193 Å². The highest BCUT2D eigenvalue weighted by Gasteiger charge is 2.28. The highest BCUT2D eigenvalue weighted by molar-refractivity contribution is 6.07. The van der Waals surface area contributed by atoms with Crippen LogP contribution in [-0.2, 0) is 19.3 Å². The van der Waals surface area contributed by atoms with E-state index in [0.29, 0.717) is 30.8 Å². The average molecular weight is 446 g/mol. The molecule has 1 aliphatic rings. The van der Waals surface area contributed by atoms with Gasteiger partial charge in [0.1, 0.15) is 11.6 Å². The number of nitrogens with zero attached hydrogens (tertiary/aromatic N) is 3. The summed E-state index contributed by atoms with van der Waals surface area (Å²) in [7, 11) is 3.33. The van der Waals surface area contributed by atoms with Crippen LogP contribution in [0.4, 0.5) is 5.69 Å². The zero-order valence-electron chi connectivity index (χ0n) is 19.0. The van der Waals surface area contributed by atoms with Crippen molar-refractivity contribution in [3.63, 3.8) is 0 Å². The van der Waals surface area contributed by atoms with Crippen molar-refractivity contribution in [3.05, 3.63) is 82.4 Å². The van der Waals surface area contributed by atoms with Gasteiger partial charge >= 0.3 is 5.97 Å². The highest BCUT2D eigenvalue weighted by atomic mass is 16.5. The molecule has 7 heteroatoms. The number of carboxylic acids is 1. The van der Waals surface area contributed by atoms with Gasteiger partial charge < -0.3 is 14.7 Å². The monoisotopic (exact) mass is 445 g/mol. The van der Waals surface area contributed by atoms with Crippen molar-refractivity contribution in [1.82, 2.24) is 9.97 Å². The maximum absolute atomic E-state index is 13.2. The molecule has 0 aliphatic carbocycles. The predicted octanol–water partition coefficient (Wildman–Crippen LogP) is 4.29. The van der Waals surface area contributed by atoms with Gasteiger partial charge in [-0.25, -0.2) is 14.8 Å². The van der Waals surface area contributed by atoms with E-state index in [1.165, 1.54) is 6.07 Å². The van der Waals surface area contributed by atoms with E-state index in [0.717, 1.165) is 34.5 Å². The standard InChI is InChI=1S/C26H27N3O4/c1-4-16-14-21-22(29(2)25(30)20-8-6-5-7-19(16)20)15-27-24(28-21)12-10-17-13-18(26(31)32)9-11-23(17)33-3/h5-9,11,13,15-16H,4,10,12,14H2,1-3H3,(H,31,32). The zero-order chi connectivity index (χ0) is 23.5. The van der Waals surface area contributed by atoms with Gasteiger partial charge in [0.2, 0.25) is 0 Å². The average Bonchev–Trinajstić information content (AvgIpc) is 2.84. The molecule has 1 aliphatic heterocycles. The number of rotatable bonds is 6. The van der Waals surface area contributed by atoms with Gasteiger partial charge in [0.25, 0.3) is 5.91 Å². The van der Waals surface area contributed by atoms with Crippen LogP contribution in [0.15, 0.2) is 48.7 Å². The van der Waals surface area contributed by atoms with Crippen LogP contribution in [0.5, 0.6) is 5.75 Å². The van der Waals surface area contributed by atoms with E-state index in [1.807, 2.05) is 24.3 Å². The maximum atomic E-state index is 13.2. The van der Waals surface area contributed by atoms with Crippen molar-refractivity contribution >= 4 is 17.6 Å². The summed E-state index contributed by atoms with van der Waals surface area (Å²) in [6.45, 7) is 2.13. The van der Waals surface area contributed by atoms with Crippen molar-refractivity contribution in [3.8, 4) is 5.75 Å². The van der Waals surface area contributed by atoms with Gasteiger partial charge in [-0.3, -0.25) is 4.79 Å². The quantitative estimate of drug-likeness (QED) is 0.608. The number of ether oxygens (including phenoxy) is 1. The molecule has 0 saturated carbocycles. The lowest BCUT2D eigenvalue weighted by Crippen LogP contribution is -2.31. The number of carbonyl (C=O) groups is 2. The maximum Gasteiger partial charge on any atom is 0.335 e. The molecule has 0 saturated heterocycles. The van der Waals surface area contributed by atoms with Crippen molar-refractivity contribution < 1.29 is 19.4 Å². The van der Waals surface area contributed by atoms with Gasteiger partial charge in [-0.1, -0.05) is 25.1 Å². The molecule has 7 nitrogen and oxygen atoms in total. The van der Waals surface area contributed by atoms with E-state index >= 15 is 0 Å². The van der Waals surface area contributed by atoms with Crippen LogP contribution in [0.25, 0.3) is 0 Å². The summed E-state index contributed by atoms with van der Waals surface area (Å²) in [4.78, 5) is 35.5. The number of hydrogen-bond donors (Lipinski definition) is 1. The second-order valence-electron chi connectivity index (χ2n) is 8.21. The van der Waals surface area contributed by atoms with E-state index in [9.17, 15) is 14.7 Å². The van der Waals surface area contributed by atoms with Gasteiger partial charge in [0.15, 0.2) is 0 Å². The summed E-state index contributed by atoms with van der Waals surface area (Å²) in [6, 6.07) is 12.6. The molecule has 2 aromatic carbocycles. The molecule has 0 radical (unpaired) electrons. The van der Waals surface area contributed by atoms with E-state index in [1.54, 1.807) is 37.4 Å². The van der Waals surface area contributed by atoms with Crippen LogP contribution in [0, 0.1) is 0 Å². The number of carbonyl (C=O) groups excluding carboxylic acids is 1. The number of aryl methyl sites for hydroxylation is 2. The van der Waals surface area contributed by atoms with Gasteiger partial charge in [-0.2, -0.15) is 0 Å². The number of methoxy groups -OCH3 is 1. The molecule has 1 aromatic heterocycles. The zero-order valence-corrected chi connectivity index (χ0v) is 19.0. The Bertz CT molecular complexity index is 1210. The minimum absolute atomic E-state index is 0.0587. The first-order valence-electron chi connectivity index (χ1n) is 11.0. The number of benzene rings is 2. The third-order valence-corrected chi connectivity index (χ3v) is 6.27. The molecule has 0 bridgehead atoms. The Kier molecular flexibility index (Phi) is 6.40. The summed E-state index contributed by atoms with van der Waals surface area (Å²) in [5.74, 6) is 0.444. The van der Waals surface area contributed by atoms with Crippen molar-refractivity contribution in [2.24, 2.45) is 0 Å².